The van der Waals surface area contributed by atoms with Crippen LogP contribution in [0.5, 0.6) is 0 Å². The number of allylic oxidation sites excluding steroid dienone is 1. The van der Waals surface area contributed by atoms with Crippen molar-refractivity contribution in [3.63, 3.8) is 0 Å². The molecule has 0 bridgehead atoms. The van der Waals surface area contributed by atoms with Gasteiger partial charge in [-0.3, -0.25) is 14.4 Å². The molecule has 3 atom stereocenters. The largest absolute Gasteiger partial charge is 0.398 e. The number of sulfonamides is 1. The second-order valence-electron chi connectivity index (χ2n) is 9.93. The summed E-state index contributed by atoms with van der Waals surface area (Å²) in [4.78, 5) is 4.84. The maximum atomic E-state index is 11.8. The van der Waals surface area contributed by atoms with Crippen LogP contribution in [0.3, 0.4) is 0 Å². The summed E-state index contributed by atoms with van der Waals surface area (Å²) in [5.41, 5.74) is 10.8. The van der Waals surface area contributed by atoms with Gasteiger partial charge >= 0.3 is 0 Å². The summed E-state index contributed by atoms with van der Waals surface area (Å²) in [6.45, 7) is 6.13. The van der Waals surface area contributed by atoms with Crippen LogP contribution < -0.4 is 15.8 Å². The zero-order valence-electron chi connectivity index (χ0n) is 21.9. The molecule has 4 rings (SSSR count). The highest BCUT2D eigenvalue weighted by Crippen LogP contribution is 2.27. The SMILES string of the molecule is COC1NC=C(N=C2CCOCCC2=C(N)c2cnn(CC3CC(C)OC(C)C3)c2)C=C1NS(C)(=O)=O. The number of dihydropyridines is 1. The predicted octanol–water partition coefficient (Wildman–Crippen LogP) is 1.86. The van der Waals surface area contributed by atoms with E-state index in [-0.39, 0.29) is 12.2 Å². The van der Waals surface area contributed by atoms with Gasteiger partial charge < -0.3 is 25.3 Å². The number of nitrogens with zero attached hydrogens (tertiary/aromatic N) is 3. The van der Waals surface area contributed by atoms with Gasteiger partial charge in [0.25, 0.3) is 0 Å². The topological polar surface area (TPSA) is 142 Å². The quantitative estimate of drug-likeness (QED) is 0.481. The molecule has 2 fully saturated rings. The monoisotopic (exact) mass is 534 g/mol. The fourth-order valence-corrected chi connectivity index (χ4v) is 5.72. The van der Waals surface area contributed by atoms with Crippen molar-refractivity contribution in [2.24, 2.45) is 16.6 Å². The lowest BCUT2D eigenvalue weighted by molar-refractivity contribution is -0.0553. The van der Waals surface area contributed by atoms with Crippen molar-refractivity contribution in [3.8, 4) is 0 Å². The summed E-state index contributed by atoms with van der Waals surface area (Å²) in [5, 5.41) is 7.62. The molecule has 0 aliphatic carbocycles. The van der Waals surface area contributed by atoms with E-state index in [0.717, 1.165) is 42.5 Å². The van der Waals surface area contributed by atoms with Crippen molar-refractivity contribution in [3.05, 3.63) is 47.2 Å². The Balaban J connectivity index is 1.58. The summed E-state index contributed by atoms with van der Waals surface area (Å²) < 4.78 is 45.0. The summed E-state index contributed by atoms with van der Waals surface area (Å²) in [5.74, 6) is 0.506. The number of hydrogen-bond acceptors (Lipinski definition) is 9. The lowest BCUT2D eigenvalue weighted by Gasteiger charge is -2.31. The maximum Gasteiger partial charge on any atom is 0.229 e. The van der Waals surface area contributed by atoms with Crippen molar-refractivity contribution >= 4 is 21.4 Å². The Morgan fingerprint density at radius 1 is 1.30 bits per heavy atom. The Morgan fingerprint density at radius 3 is 2.73 bits per heavy atom. The fourth-order valence-electron chi connectivity index (χ4n) is 5.13. The lowest BCUT2D eigenvalue weighted by atomic mass is 9.92. The normalized spacial score (nSPS) is 29.7. The molecule has 4 heterocycles. The Kier molecular flexibility index (Phi) is 8.73. The van der Waals surface area contributed by atoms with Crippen molar-refractivity contribution in [1.82, 2.24) is 19.8 Å². The number of ether oxygens (including phenoxy) is 3. The lowest BCUT2D eigenvalue weighted by Crippen LogP contribution is -2.39. The Bertz CT molecular complexity index is 1190. The van der Waals surface area contributed by atoms with Crippen LogP contribution >= 0.6 is 0 Å². The smallest absolute Gasteiger partial charge is 0.229 e. The number of aromatic nitrogens is 2. The average molecular weight is 535 g/mol. The first-order chi connectivity index (χ1) is 17.6. The van der Waals surface area contributed by atoms with E-state index in [9.17, 15) is 8.42 Å². The first-order valence-electron chi connectivity index (χ1n) is 12.6. The first kappa shape index (κ1) is 27.4. The van der Waals surface area contributed by atoms with Crippen LogP contribution in [-0.2, 0) is 30.8 Å². The fraction of sp³-hybridized carbons (Fsp3) is 0.600. The molecule has 0 aromatic carbocycles. The Labute approximate surface area is 218 Å². The van der Waals surface area contributed by atoms with E-state index in [1.807, 2.05) is 10.9 Å². The molecule has 204 valence electrons. The van der Waals surface area contributed by atoms with Crippen LogP contribution in [0.4, 0.5) is 0 Å². The predicted molar refractivity (Wildman–Crippen MR) is 142 cm³/mol. The molecular formula is C25H38N6O5S. The summed E-state index contributed by atoms with van der Waals surface area (Å²) in [6, 6.07) is 0. The van der Waals surface area contributed by atoms with Gasteiger partial charge in [0.15, 0.2) is 6.23 Å². The van der Waals surface area contributed by atoms with Gasteiger partial charge in [0.05, 0.1) is 49.3 Å². The molecule has 4 N–H and O–H groups in total. The molecule has 1 aromatic rings. The van der Waals surface area contributed by atoms with Crippen LogP contribution in [0.15, 0.2) is 46.6 Å². The van der Waals surface area contributed by atoms with Gasteiger partial charge in [-0.1, -0.05) is 0 Å². The molecule has 1 aromatic heterocycles. The van der Waals surface area contributed by atoms with E-state index >= 15 is 0 Å². The Hall–Kier alpha value is -2.67. The molecule has 11 nitrogen and oxygen atoms in total. The van der Waals surface area contributed by atoms with Gasteiger partial charge in [-0.05, 0) is 50.7 Å². The molecule has 2 saturated heterocycles. The van der Waals surface area contributed by atoms with Crippen LogP contribution in [0.2, 0.25) is 0 Å². The maximum absolute atomic E-state index is 11.8. The number of methoxy groups -OCH3 is 1. The standard InChI is InChI=1S/C25H38N6O5S/c1-16-9-18(10-17(2)36-16)14-31-15-19(12-28-31)24(26)21-5-7-35-8-6-22(21)29-20-11-23(30-37(4,32)33)25(34-3)27-13-20/h11-13,15-18,25,27,30H,5-10,14,26H2,1-4H3. The van der Waals surface area contributed by atoms with Gasteiger partial charge in [-0.25, -0.2) is 8.42 Å². The number of hydrogen-bond donors (Lipinski definition) is 3. The summed E-state index contributed by atoms with van der Waals surface area (Å²) in [7, 11) is -1.99. The van der Waals surface area contributed by atoms with Gasteiger partial charge in [-0.15, -0.1) is 0 Å². The number of rotatable bonds is 7. The highest BCUT2D eigenvalue weighted by molar-refractivity contribution is 7.88. The van der Waals surface area contributed by atoms with Crippen molar-refractivity contribution < 1.29 is 22.6 Å². The van der Waals surface area contributed by atoms with Gasteiger partial charge in [0, 0.05) is 49.4 Å². The number of aliphatic imine (C=N–C) groups is 1. The third kappa shape index (κ3) is 7.44. The van der Waals surface area contributed by atoms with Gasteiger partial charge in [0.1, 0.15) is 0 Å². The molecule has 37 heavy (non-hydrogen) atoms. The zero-order chi connectivity index (χ0) is 26.6. The van der Waals surface area contributed by atoms with Gasteiger partial charge in [0.2, 0.25) is 10.0 Å². The number of nitrogens with one attached hydrogen (secondary N) is 2. The third-order valence-corrected chi connectivity index (χ3v) is 7.22. The summed E-state index contributed by atoms with van der Waals surface area (Å²) in [6.07, 6.45) is 11.4. The minimum atomic E-state index is -3.48. The molecule has 3 aliphatic heterocycles. The minimum Gasteiger partial charge on any atom is -0.398 e. The Morgan fingerprint density at radius 2 is 2.03 bits per heavy atom. The van der Waals surface area contributed by atoms with Crippen molar-refractivity contribution in [2.45, 2.75) is 64.5 Å². The molecule has 3 aliphatic rings. The van der Waals surface area contributed by atoms with Gasteiger partial charge in [-0.2, -0.15) is 5.10 Å². The van der Waals surface area contributed by atoms with E-state index in [1.165, 1.54) is 7.11 Å². The molecule has 0 radical (unpaired) electrons. The van der Waals surface area contributed by atoms with E-state index in [1.54, 1.807) is 18.5 Å². The second kappa shape index (κ2) is 11.8. The number of nitrogens with two attached hydrogens (primary N) is 1. The van der Waals surface area contributed by atoms with E-state index in [0.29, 0.717) is 49.1 Å². The van der Waals surface area contributed by atoms with Crippen molar-refractivity contribution in [1.29, 1.82) is 0 Å². The van der Waals surface area contributed by atoms with E-state index in [4.69, 9.17) is 24.9 Å². The molecule has 0 saturated carbocycles. The van der Waals surface area contributed by atoms with Crippen molar-refractivity contribution in [2.75, 3.05) is 26.6 Å². The van der Waals surface area contributed by atoms with Crippen LogP contribution in [0.1, 0.15) is 45.1 Å². The minimum absolute atomic E-state index is 0.255. The molecule has 12 heteroatoms. The highest BCUT2D eigenvalue weighted by Gasteiger charge is 2.26. The average Bonchev–Trinajstić information content (AvgIpc) is 3.15. The zero-order valence-corrected chi connectivity index (χ0v) is 22.8. The molecule has 0 spiro atoms. The van der Waals surface area contributed by atoms with E-state index < -0.39 is 16.3 Å². The van der Waals surface area contributed by atoms with Crippen LogP contribution in [0.25, 0.3) is 5.70 Å². The van der Waals surface area contributed by atoms with Crippen LogP contribution in [-0.4, -0.2) is 68.9 Å². The van der Waals surface area contributed by atoms with E-state index in [2.05, 4.69) is 29.0 Å². The molecular weight excluding hydrogens is 496 g/mol. The second-order valence-corrected chi connectivity index (χ2v) is 11.7. The molecule has 3 unspecified atom stereocenters. The highest BCUT2D eigenvalue weighted by atomic mass is 32.2. The summed E-state index contributed by atoms with van der Waals surface area (Å²) >= 11 is 0. The first-order valence-corrected chi connectivity index (χ1v) is 14.5. The third-order valence-electron chi connectivity index (χ3n) is 6.61. The molecule has 0 amide bonds. The van der Waals surface area contributed by atoms with Crippen LogP contribution in [0, 0.1) is 5.92 Å².